The smallest absolute Gasteiger partial charge is 0.227 e. The molecule has 5 nitrogen and oxygen atoms in total. The third-order valence-electron chi connectivity index (χ3n) is 4.31. The first-order chi connectivity index (χ1) is 9.74. The van der Waals surface area contributed by atoms with Gasteiger partial charge in [0.05, 0.1) is 0 Å². The maximum atomic E-state index is 5.88. The molecule has 0 spiro atoms. The van der Waals surface area contributed by atoms with Crippen molar-refractivity contribution < 1.29 is 0 Å². The maximum Gasteiger partial charge on any atom is 0.227 e. The molecule has 2 N–H and O–H groups in total. The molecule has 3 rings (SSSR count). The first kappa shape index (κ1) is 13.9. The number of hydrogen-bond donors (Lipinski definition) is 1. The van der Waals surface area contributed by atoms with Gasteiger partial charge in [0.2, 0.25) is 5.95 Å². The van der Waals surface area contributed by atoms with Crippen LogP contribution in [0.15, 0.2) is 6.20 Å². The topological polar surface area (TPSA) is 58.3 Å². The van der Waals surface area contributed by atoms with Crippen LogP contribution in [0.1, 0.15) is 18.4 Å². The largest absolute Gasteiger partial charge is 0.383 e. The third-order valence-corrected chi connectivity index (χ3v) is 5.25. The summed E-state index contributed by atoms with van der Waals surface area (Å²) < 4.78 is 0. The Morgan fingerprint density at radius 2 is 1.90 bits per heavy atom. The molecule has 1 aromatic rings. The van der Waals surface area contributed by atoms with Crippen LogP contribution < -0.4 is 10.6 Å². The molecule has 20 heavy (non-hydrogen) atoms. The Morgan fingerprint density at radius 1 is 1.20 bits per heavy atom. The van der Waals surface area contributed by atoms with E-state index in [-0.39, 0.29) is 0 Å². The molecule has 0 unspecified atom stereocenters. The molecule has 2 saturated heterocycles. The van der Waals surface area contributed by atoms with E-state index in [0.29, 0.717) is 5.82 Å². The quantitative estimate of drug-likeness (QED) is 0.889. The second-order valence-corrected chi connectivity index (χ2v) is 6.83. The van der Waals surface area contributed by atoms with Crippen molar-refractivity contribution in [2.45, 2.75) is 25.8 Å². The van der Waals surface area contributed by atoms with Gasteiger partial charge in [0.1, 0.15) is 5.82 Å². The second-order valence-electron chi connectivity index (χ2n) is 5.60. The fourth-order valence-electron chi connectivity index (χ4n) is 2.97. The molecule has 1 aromatic heterocycles. The third kappa shape index (κ3) is 3.01. The lowest BCUT2D eigenvalue weighted by Gasteiger charge is -2.40. The fourth-order valence-corrected chi connectivity index (χ4v) is 3.90. The molecule has 0 saturated carbocycles. The zero-order valence-electron chi connectivity index (χ0n) is 12.1. The summed E-state index contributed by atoms with van der Waals surface area (Å²) in [4.78, 5) is 13.8. The number of hydrogen-bond acceptors (Lipinski definition) is 6. The number of nitrogen functional groups attached to an aromatic ring is 1. The molecule has 0 amide bonds. The average molecular weight is 293 g/mol. The number of aryl methyl sites for hydroxylation is 1. The van der Waals surface area contributed by atoms with Crippen LogP contribution in [0, 0.1) is 6.92 Å². The van der Waals surface area contributed by atoms with Gasteiger partial charge in [0, 0.05) is 55.5 Å². The van der Waals surface area contributed by atoms with Crippen molar-refractivity contribution in [3.05, 3.63) is 11.8 Å². The Hall–Kier alpha value is -1.01. The minimum absolute atomic E-state index is 0.602. The molecule has 2 aliphatic rings. The van der Waals surface area contributed by atoms with E-state index in [4.69, 9.17) is 5.73 Å². The van der Waals surface area contributed by atoms with E-state index in [9.17, 15) is 0 Å². The molecule has 110 valence electrons. The van der Waals surface area contributed by atoms with Crippen molar-refractivity contribution in [1.29, 1.82) is 0 Å². The lowest BCUT2D eigenvalue weighted by atomic mass is 10.0. The average Bonchev–Trinajstić information content (AvgIpc) is 2.51. The number of piperidine rings is 1. The van der Waals surface area contributed by atoms with Gasteiger partial charge in [-0.05, 0) is 19.8 Å². The molecule has 2 aliphatic heterocycles. The van der Waals surface area contributed by atoms with Gasteiger partial charge >= 0.3 is 0 Å². The SMILES string of the molecule is Cc1cnc(N2CCC(N3CCSCC3)CC2)nc1N. The summed E-state index contributed by atoms with van der Waals surface area (Å²) in [5, 5.41) is 0. The van der Waals surface area contributed by atoms with Crippen molar-refractivity contribution in [3.8, 4) is 0 Å². The summed E-state index contributed by atoms with van der Waals surface area (Å²) in [6, 6.07) is 0.745. The van der Waals surface area contributed by atoms with Gasteiger partial charge < -0.3 is 10.6 Å². The van der Waals surface area contributed by atoms with Crippen LogP contribution in [-0.2, 0) is 0 Å². The van der Waals surface area contributed by atoms with E-state index in [1.807, 2.05) is 13.1 Å². The Balaban J connectivity index is 1.58. The Kier molecular flexibility index (Phi) is 4.31. The maximum absolute atomic E-state index is 5.88. The van der Waals surface area contributed by atoms with Gasteiger partial charge in [-0.3, -0.25) is 4.90 Å². The Labute approximate surface area is 124 Å². The second kappa shape index (κ2) is 6.18. The standard InChI is InChI=1S/C14H23N5S/c1-11-10-16-14(17-13(11)15)19-4-2-12(3-5-19)18-6-8-20-9-7-18/h10,12H,2-9H2,1H3,(H2,15,16,17). The lowest BCUT2D eigenvalue weighted by Crippen LogP contribution is -2.48. The van der Waals surface area contributed by atoms with E-state index < -0.39 is 0 Å². The summed E-state index contributed by atoms with van der Waals surface area (Å²) in [7, 11) is 0. The fraction of sp³-hybridized carbons (Fsp3) is 0.714. The number of rotatable bonds is 2. The van der Waals surface area contributed by atoms with Crippen LogP contribution >= 0.6 is 11.8 Å². The molecule has 0 aliphatic carbocycles. The minimum atomic E-state index is 0.602. The zero-order valence-corrected chi connectivity index (χ0v) is 12.9. The van der Waals surface area contributed by atoms with E-state index in [2.05, 4.69) is 31.5 Å². The summed E-state index contributed by atoms with van der Waals surface area (Å²) in [6.45, 7) is 6.53. The Morgan fingerprint density at radius 3 is 2.55 bits per heavy atom. The summed E-state index contributed by atoms with van der Waals surface area (Å²) in [5.74, 6) is 3.97. The molecule has 0 aromatic carbocycles. The van der Waals surface area contributed by atoms with Gasteiger partial charge in [-0.25, -0.2) is 4.98 Å². The van der Waals surface area contributed by atoms with Crippen LogP contribution in [-0.4, -0.2) is 58.6 Å². The number of thioether (sulfide) groups is 1. The highest BCUT2D eigenvalue weighted by atomic mass is 32.2. The molecule has 0 radical (unpaired) electrons. The Bertz CT molecular complexity index is 453. The first-order valence-electron chi connectivity index (χ1n) is 7.40. The minimum Gasteiger partial charge on any atom is -0.383 e. The van der Waals surface area contributed by atoms with E-state index in [0.717, 1.165) is 30.6 Å². The summed E-state index contributed by atoms with van der Waals surface area (Å²) >= 11 is 2.08. The van der Waals surface area contributed by atoms with E-state index in [1.165, 1.54) is 37.4 Å². The lowest BCUT2D eigenvalue weighted by molar-refractivity contribution is 0.185. The van der Waals surface area contributed by atoms with Crippen molar-refractivity contribution >= 4 is 23.5 Å². The van der Waals surface area contributed by atoms with Gasteiger partial charge in [-0.2, -0.15) is 16.7 Å². The molecule has 3 heterocycles. The van der Waals surface area contributed by atoms with Crippen molar-refractivity contribution in [3.63, 3.8) is 0 Å². The highest BCUT2D eigenvalue weighted by Crippen LogP contribution is 2.23. The number of aromatic nitrogens is 2. The highest BCUT2D eigenvalue weighted by Gasteiger charge is 2.26. The number of anilines is 2. The van der Waals surface area contributed by atoms with Crippen LogP contribution in [0.2, 0.25) is 0 Å². The summed E-state index contributed by atoms with van der Waals surface area (Å²) in [6.07, 6.45) is 4.25. The van der Waals surface area contributed by atoms with E-state index >= 15 is 0 Å². The van der Waals surface area contributed by atoms with Gasteiger partial charge in [-0.15, -0.1) is 0 Å². The highest BCUT2D eigenvalue weighted by molar-refractivity contribution is 7.99. The predicted octanol–water partition coefficient (Wildman–Crippen LogP) is 1.38. The first-order valence-corrected chi connectivity index (χ1v) is 8.55. The van der Waals surface area contributed by atoms with Crippen molar-refractivity contribution in [2.24, 2.45) is 0 Å². The molecule has 2 fully saturated rings. The van der Waals surface area contributed by atoms with Gasteiger partial charge in [0.25, 0.3) is 0 Å². The molecule has 0 bridgehead atoms. The normalized spacial score (nSPS) is 22.1. The molecular weight excluding hydrogens is 270 g/mol. The van der Waals surface area contributed by atoms with Crippen LogP contribution in [0.4, 0.5) is 11.8 Å². The van der Waals surface area contributed by atoms with Crippen LogP contribution in [0.5, 0.6) is 0 Å². The number of nitrogens with zero attached hydrogens (tertiary/aromatic N) is 4. The monoisotopic (exact) mass is 293 g/mol. The number of nitrogens with two attached hydrogens (primary N) is 1. The van der Waals surface area contributed by atoms with Crippen molar-refractivity contribution in [2.75, 3.05) is 48.3 Å². The van der Waals surface area contributed by atoms with Crippen LogP contribution in [0.3, 0.4) is 0 Å². The summed E-state index contributed by atoms with van der Waals surface area (Å²) in [5.41, 5.74) is 6.84. The van der Waals surface area contributed by atoms with Crippen molar-refractivity contribution in [1.82, 2.24) is 14.9 Å². The van der Waals surface area contributed by atoms with E-state index in [1.54, 1.807) is 0 Å². The van der Waals surface area contributed by atoms with Gasteiger partial charge in [-0.1, -0.05) is 0 Å². The molecular formula is C14H23N5S. The predicted molar refractivity (Wildman–Crippen MR) is 85.3 cm³/mol. The van der Waals surface area contributed by atoms with Crippen LogP contribution in [0.25, 0.3) is 0 Å². The van der Waals surface area contributed by atoms with Gasteiger partial charge in [0.15, 0.2) is 0 Å². The molecule has 0 atom stereocenters. The molecule has 6 heteroatoms. The zero-order chi connectivity index (χ0) is 13.9.